The molecule has 3 heteroatoms. The van der Waals surface area contributed by atoms with Crippen LogP contribution >= 0.6 is 11.8 Å². The molecule has 0 amide bonds. The minimum Gasteiger partial charge on any atom is -0.444 e. The first-order chi connectivity index (χ1) is 8.81. The smallest absolute Gasteiger partial charge is 0.367 e. The molecule has 0 aliphatic heterocycles. The Bertz CT molecular complexity index is 457. The summed E-state index contributed by atoms with van der Waals surface area (Å²) in [5.41, 5.74) is 1.96. The van der Waals surface area contributed by atoms with E-state index >= 15 is 0 Å². The van der Waals surface area contributed by atoms with Crippen LogP contribution < -0.4 is 0 Å². The number of carbonyl (C=O) groups excluding carboxylic acids is 1. The number of hydrogen-bond acceptors (Lipinski definition) is 3. The second-order valence-corrected chi connectivity index (χ2v) is 4.51. The lowest BCUT2D eigenvalue weighted by atomic mass is 10.0. The molecule has 2 nitrogen and oxygen atoms in total. The van der Waals surface area contributed by atoms with Gasteiger partial charge in [0.2, 0.25) is 0 Å². The third-order valence-corrected chi connectivity index (χ3v) is 3.01. The maximum atomic E-state index is 11.5. The average molecular weight is 258 g/mol. The molecule has 0 unspecified atom stereocenters. The van der Waals surface area contributed by atoms with Crippen molar-refractivity contribution in [2.45, 2.75) is 6.10 Å². The van der Waals surface area contributed by atoms with Crippen LogP contribution in [0.15, 0.2) is 60.7 Å². The summed E-state index contributed by atoms with van der Waals surface area (Å²) < 4.78 is 5.50. The van der Waals surface area contributed by atoms with Gasteiger partial charge >= 0.3 is 5.30 Å². The summed E-state index contributed by atoms with van der Waals surface area (Å²) in [7, 11) is 0. The minimum atomic E-state index is -0.340. The number of carbonyl (C=O) groups is 1. The van der Waals surface area contributed by atoms with Crippen molar-refractivity contribution >= 4 is 17.1 Å². The van der Waals surface area contributed by atoms with E-state index in [0.29, 0.717) is 0 Å². The van der Waals surface area contributed by atoms with Gasteiger partial charge in [-0.3, -0.25) is 0 Å². The zero-order valence-corrected chi connectivity index (χ0v) is 10.9. The summed E-state index contributed by atoms with van der Waals surface area (Å²) >= 11 is 1.08. The molecule has 0 saturated carbocycles. The van der Waals surface area contributed by atoms with Crippen molar-refractivity contribution in [1.29, 1.82) is 0 Å². The van der Waals surface area contributed by atoms with E-state index < -0.39 is 0 Å². The van der Waals surface area contributed by atoms with Crippen molar-refractivity contribution in [3.8, 4) is 0 Å². The monoisotopic (exact) mass is 258 g/mol. The first kappa shape index (κ1) is 12.7. The maximum Gasteiger partial charge on any atom is 0.367 e. The zero-order chi connectivity index (χ0) is 12.8. The fraction of sp³-hybridized carbons (Fsp3) is 0.133. The Labute approximate surface area is 111 Å². The van der Waals surface area contributed by atoms with Gasteiger partial charge in [0.25, 0.3) is 0 Å². The van der Waals surface area contributed by atoms with Gasteiger partial charge < -0.3 is 4.74 Å². The lowest BCUT2D eigenvalue weighted by Crippen LogP contribution is -2.08. The van der Waals surface area contributed by atoms with Crippen molar-refractivity contribution in [2.75, 3.05) is 6.26 Å². The van der Waals surface area contributed by atoms with Crippen molar-refractivity contribution in [3.05, 3.63) is 71.8 Å². The van der Waals surface area contributed by atoms with Gasteiger partial charge in [-0.25, -0.2) is 4.79 Å². The number of benzene rings is 2. The summed E-state index contributed by atoms with van der Waals surface area (Å²) in [5, 5.41) is -0.271. The predicted molar refractivity (Wildman–Crippen MR) is 74.7 cm³/mol. The van der Waals surface area contributed by atoms with Gasteiger partial charge in [-0.05, 0) is 29.1 Å². The van der Waals surface area contributed by atoms with Crippen LogP contribution in [-0.2, 0) is 4.74 Å². The highest BCUT2D eigenvalue weighted by Crippen LogP contribution is 2.27. The van der Waals surface area contributed by atoms with E-state index in [1.54, 1.807) is 6.26 Å². The molecule has 2 rings (SSSR count). The van der Waals surface area contributed by atoms with E-state index in [2.05, 4.69) is 0 Å². The summed E-state index contributed by atoms with van der Waals surface area (Å²) in [6, 6.07) is 19.5. The third-order valence-electron chi connectivity index (χ3n) is 2.59. The van der Waals surface area contributed by atoms with Crippen molar-refractivity contribution in [3.63, 3.8) is 0 Å². The maximum absolute atomic E-state index is 11.5. The highest BCUT2D eigenvalue weighted by molar-refractivity contribution is 8.12. The van der Waals surface area contributed by atoms with Crippen molar-refractivity contribution in [2.24, 2.45) is 0 Å². The Morgan fingerprint density at radius 3 is 1.78 bits per heavy atom. The van der Waals surface area contributed by atoms with Crippen LogP contribution in [0.4, 0.5) is 4.79 Å². The van der Waals surface area contributed by atoms with Crippen LogP contribution in [0.1, 0.15) is 17.2 Å². The number of rotatable bonds is 3. The van der Waals surface area contributed by atoms with Crippen molar-refractivity contribution < 1.29 is 9.53 Å². The lowest BCUT2D eigenvalue weighted by molar-refractivity contribution is 0.144. The SMILES string of the molecule is CSC(=O)OC(c1ccccc1)c1ccccc1. The average Bonchev–Trinajstić information content (AvgIpc) is 2.46. The van der Waals surface area contributed by atoms with E-state index in [0.717, 1.165) is 22.9 Å². The third kappa shape index (κ3) is 3.14. The van der Waals surface area contributed by atoms with Gasteiger partial charge in [0.15, 0.2) is 6.10 Å². The molecule has 0 spiro atoms. The fourth-order valence-corrected chi connectivity index (χ4v) is 1.92. The van der Waals surface area contributed by atoms with E-state index in [-0.39, 0.29) is 11.4 Å². The molecule has 0 N–H and O–H groups in total. The Morgan fingerprint density at radius 2 is 1.39 bits per heavy atom. The Kier molecular flexibility index (Phi) is 4.42. The topological polar surface area (TPSA) is 26.3 Å². The standard InChI is InChI=1S/C15H14O2S/c1-18-15(16)17-14(12-8-4-2-5-9-12)13-10-6-3-7-11-13/h2-11,14H,1H3. The molecule has 18 heavy (non-hydrogen) atoms. The number of thioether (sulfide) groups is 1. The number of hydrogen-bond donors (Lipinski definition) is 0. The van der Waals surface area contributed by atoms with E-state index in [9.17, 15) is 4.79 Å². The van der Waals surface area contributed by atoms with Crippen LogP contribution in [0.2, 0.25) is 0 Å². The first-order valence-electron chi connectivity index (χ1n) is 5.66. The molecule has 92 valence electrons. The normalized spacial score (nSPS) is 10.3. The lowest BCUT2D eigenvalue weighted by Gasteiger charge is -2.18. The van der Waals surface area contributed by atoms with Gasteiger partial charge in [0.1, 0.15) is 0 Å². The fourth-order valence-electron chi connectivity index (χ4n) is 1.73. The molecule has 2 aromatic rings. The van der Waals surface area contributed by atoms with Crippen LogP contribution in [0.5, 0.6) is 0 Å². The van der Waals surface area contributed by atoms with Crippen LogP contribution in [0, 0.1) is 0 Å². The summed E-state index contributed by atoms with van der Waals surface area (Å²) in [4.78, 5) is 11.5. The molecular formula is C15H14O2S. The summed E-state index contributed by atoms with van der Waals surface area (Å²) in [5.74, 6) is 0. The molecule has 0 aliphatic carbocycles. The van der Waals surface area contributed by atoms with Crippen LogP contribution in [-0.4, -0.2) is 11.6 Å². The molecular weight excluding hydrogens is 244 g/mol. The molecule has 0 aliphatic rings. The number of ether oxygens (including phenoxy) is 1. The van der Waals surface area contributed by atoms with Crippen LogP contribution in [0.3, 0.4) is 0 Å². The molecule has 0 fully saturated rings. The summed E-state index contributed by atoms with van der Waals surface area (Å²) in [6.45, 7) is 0. The molecule has 0 radical (unpaired) electrons. The highest BCUT2D eigenvalue weighted by atomic mass is 32.2. The molecule has 0 aromatic heterocycles. The second-order valence-electron chi connectivity index (χ2n) is 3.77. The highest BCUT2D eigenvalue weighted by Gasteiger charge is 2.17. The van der Waals surface area contributed by atoms with Gasteiger partial charge in [-0.2, -0.15) is 0 Å². The predicted octanol–water partition coefficient (Wildman–Crippen LogP) is 4.28. The Hall–Kier alpha value is -1.74. The van der Waals surface area contributed by atoms with Gasteiger partial charge in [0.05, 0.1) is 0 Å². The van der Waals surface area contributed by atoms with Gasteiger partial charge in [0, 0.05) is 0 Å². The van der Waals surface area contributed by atoms with E-state index in [1.807, 2.05) is 60.7 Å². The minimum absolute atomic E-state index is 0.271. The molecule has 0 saturated heterocycles. The zero-order valence-electron chi connectivity index (χ0n) is 10.1. The molecule has 2 aromatic carbocycles. The van der Waals surface area contributed by atoms with Gasteiger partial charge in [-0.15, -0.1) is 0 Å². The Morgan fingerprint density at radius 1 is 0.944 bits per heavy atom. The quantitative estimate of drug-likeness (QED) is 0.769. The van der Waals surface area contributed by atoms with Crippen molar-refractivity contribution in [1.82, 2.24) is 0 Å². The van der Waals surface area contributed by atoms with Crippen LogP contribution in [0.25, 0.3) is 0 Å². The summed E-state index contributed by atoms with van der Waals surface area (Å²) in [6.07, 6.45) is 1.38. The Balaban J connectivity index is 2.32. The van der Waals surface area contributed by atoms with Gasteiger partial charge in [-0.1, -0.05) is 60.7 Å². The molecule has 0 heterocycles. The largest absolute Gasteiger partial charge is 0.444 e. The van der Waals surface area contributed by atoms with E-state index in [1.165, 1.54) is 0 Å². The molecule has 0 bridgehead atoms. The molecule has 0 atom stereocenters. The van der Waals surface area contributed by atoms with E-state index in [4.69, 9.17) is 4.74 Å². The second kappa shape index (κ2) is 6.26. The first-order valence-corrected chi connectivity index (χ1v) is 6.88.